The van der Waals surface area contributed by atoms with Crippen molar-refractivity contribution in [3.8, 4) is 5.75 Å². The Morgan fingerprint density at radius 1 is 1.31 bits per heavy atom. The van der Waals surface area contributed by atoms with Crippen LogP contribution in [0.2, 0.25) is 0 Å². The van der Waals surface area contributed by atoms with Crippen LogP contribution in [0.3, 0.4) is 0 Å². The fourth-order valence-electron chi connectivity index (χ4n) is 1.07. The van der Waals surface area contributed by atoms with E-state index in [4.69, 9.17) is 16.2 Å². The molecule has 0 fully saturated rings. The van der Waals surface area contributed by atoms with Gasteiger partial charge in [0, 0.05) is 5.69 Å². The Morgan fingerprint density at radius 2 is 1.92 bits per heavy atom. The number of nitrogen functional groups attached to an aromatic ring is 1. The Labute approximate surface area is 78.7 Å². The van der Waals surface area contributed by atoms with Crippen molar-refractivity contribution in [3.63, 3.8) is 0 Å². The molecule has 0 heterocycles. The Kier molecular flexibility index (Phi) is 3.58. The van der Waals surface area contributed by atoms with Crippen LogP contribution < -0.4 is 16.2 Å². The highest BCUT2D eigenvalue weighted by atomic mass is 16.5. The van der Waals surface area contributed by atoms with Crippen molar-refractivity contribution in [2.24, 2.45) is 5.73 Å². The minimum Gasteiger partial charge on any atom is -0.491 e. The van der Waals surface area contributed by atoms with E-state index in [0.29, 0.717) is 6.54 Å². The highest BCUT2D eigenvalue weighted by Crippen LogP contribution is 2.15. The SMILES string of the molecule is CC(CCN)Oc1ccc(N)cc1. The van der Waals surface area contributed by atoms with E-state index in [1.54, 1.807) is 0 Å². The maximum Gasteiger partial charge on any atom is 0.119 e. The Bertz CT molecular complexity index is 246. The van der Waals surface area contributed by atoms with Crippen molar-refractivity contribution >= 4 is 5.69 Å². The first-order valence-electron chi connectivity index (χ1n) is 4.44. The molecule has 1 aromatic rings. The van der Waals surface area contributed by atoms with Crippen LogP contribution in [0.25, 0.3) is 0 Å². The lowest BCUT2D eigenvalue weighted by molar-refractivity contribution is 0.214. The van der Waals surface area contributed by atoms with Gasteiger partial charge in [0.25, 0.3) is 0 Å². The maximum absolute atomic E-state index is 5.57. The molecule has 0 bridgehead atoms. The second-order valence-electron chi connectivity index (χ2n) is 3.07. The molecular weight excluding hydrogens is 164 g/mol. The van der Waals surface area contributed by atoms with Crippen molar-refractivity contribution in [1.29, 1.82) is 0 Å². The number of nitrogens with two attached hydrogens (primary N) is 2. The molecule has 0 aliphatic carbocycles. The number of benzene rings is 1. The van der Waals surface area contributed by atoms with Crippen LogP contribution >= 0.6 is 0 Å². The summed E-state index contributed by atoms with van der Waals surface area (Å²) in [5.74, 6) is 0.843. The molecule has 3 nitrogen and oxygen atoms in total. The molecule has 0 saturated carbocycles. The monoisotopic (exact) mass is 180 g/mol. The van der Waals surface area contributed by atoms with Gasteiger partial charge in [-0.25, -0.2) is 0 Å². The molecule has 0 aliphatic rings. The summed E-state index contributed by atoms with van der Waals surface area (Å²) >= 11 is 0. The topological polar surface area (TPSA) is 61.3 Å². The third kappa shape index (κ3) is 3.34. The zero-order valence-corrected chi connectivity index (χ0v) is 7.86. The second kappa shape index (κ2) is 4.72. The summed E-state index contributed by atoms with van der Waals surface area (Å²) in [7, 11) is 0. The number of rotatable bonds is 4. The summed E-state index contributed by atoms with van der Waals surface area (Å²) < 4.78 is 5.57. The predicted molar refractivity (Wildman–Crippen MR) is 54.6 cm³/mol. The van der Waals surface area contributed by atoms with Gasteiger partial charge in [-0.15, -0.1) is 0 Å². The quantitative estimate of drug-likeness (QED) is 0.688. The number of hydrogen-bond acceptors (Lipinski definition) is 3. The van der Waals surface area contributed by atoms with Gasteiger partial charge in [-0.2, -0.15) is 0 Å². The van der Waals surface area contributed by atoms with E-state index in [1.807, 2.05) is 31.2 Å². The molecule has 1 rings (SSSR count). The Morgan fingerprint density at radius 3 is 2.46 bits per heavy atom. The van der Waals surface area contributed by atoms with E-state index < -0.39 is 0 Å². The first-order valence-corrected chi connectivity index (χ1v) is 4.44. The maximum atomic E-state index is 5.57. The lowest BCUT2D eigenvalue weighted by Crippen LogP contribution is -2.16. The van der Waals surface area contributed by atoms with E-state index in [1.165, 1.54) is 0 Å². The van der Waals surface area contributed by atoms with E-state index in [9.17, 15) is 0 Å². The van der Waals surface area contributed by atoms with Gasteiger partial charge < -0.3 is 16.2 Å². The molecule has 13 heavy (non-hydrogen) atoms. The van der Waals surface area contributed by atoms with Crippen LogP contribution in [-0.4, -0.2) is 12.6 Å². The van der Waals surface area contributed by atoms with Gasteiger partial charge >= 0.3 is 0 Å². The summed E-state index contributed by atoms with van der Waals surface area (Å²) in [4.78, 5) is 0. The average molecular weight is 180 g/mol. The van der Waals surface area contributed by atoms with E-state index in [2.05, 4.69) is 0 Å². The average Bonchev–Trinajstić information content (AvgIpc) is 2.09. The molecule has 4 N–H and O–H groups in total. The molecule has 1 aromatic carbocycles. The fourth-order valence-corrected chi connectivity index (χ4v) is 1.07. The largest absolute Gasteiger partial charge is 0.491 e. The first kappa shape index (κ1) is 9.86. The van der Waals surface area contributed by atoms with Gasteiger partial charge in [0.2, 0.25) is 0 Å². The standard InChI is InChI=1S/C10H16N2O/c1-8(6-7-11)13-10-4-2-9(12)3-5-10/h2-5,8H,6-7,11-12H2,1H3. The number of hydrogen-bond donors (Lipinski definition) is 2. The summed E-state index contributed by atoms with van der Waals surface area (Å²) in [6.45, 7) is 2.65. The Hall–Kier alpha value is -1.22. The first-order chi connectivity index (χ1) is 6.22. The molecule has 0 saturated heterocycles. The zero-order valence-electron chi connectivity index (χ0n) is 7.86. The number of anilines is 1. The van der Waals surface area contributed by atoms with Gasteiger partial charge in [-0.1, -0.05) is 0 Å². The van der Waals surface area contributed by atoms with Crippen molar-refractivity contribution in [1.82, 2.24) is 0 Å². The van der Waals surface area contributed by atoms with Crippen LogP contribution in [-0.2, 0) is 0 Å². The van der Waals surface area contributed by atoms with Crippen LogP contribution in [0, 0.1) is 0 Å². The minimum atomic E-state index is 0.161. The van der Waals surface area contributed by atoms with Crippen LogP contribution in [0.5, 0.6) is 5.75 Å². The normalized spacial score (nSPS) is 12.5. The van der Waals surface area contributed by atoms with Gasteiger partial charge in [0.15, 0.2) is 0 Å². The van der Waals surface area contributed by atoms with Crippen LogP contribution in [0.1, 0.15) is 13.3 Å². The third-order valence-corrected chi connectivity index (χ3v) is 1.79. The molecule has 1 unspecified atom stereocenters. The number of ether oxygens (including phenoxy) is 1. The lowest BCUT2D eigenvalue weighted by atomic mass is 10.2. The zero-order chi connectivity index (χ0) is 9.68. The molecule has 0 aromatic heterocycles. The van der Waals surface area contributed by atoms with Crippen LogP contribution in [0.4, 0.5) is 5.69 Å². The molecular formula is C10H16N2O. The van der Waals surface area contributed by atoms with Crippen molar-refractivity contribution in [3.05, 3.63) is 24.3 Å². The summed E-state index contributed by atoms with van der Waals surface area (Å²) in [5.41, 5.74) is 11.7. The lowest BCUT2D eigenvalue weighted by Gasteiger charge is -2.13. The Balaban J connectivity index is 2.49. The van der Waals surface area contributed by atoms with Crippen molar-refractivity contribution in [2.75, 3.05) is 12.3 Å². The molecule has 72 valence electrons. The molecule has 1 atom stereocenters. The second-order valence-corrected chi connectivity index (χ2v) is 3.07. The third-order valence-electron chi connectivity index (χ3n) is 1.79. The van der Waals surface area contributed by atoms with Crippen molar-refractivity contribution < 1.29 is 4.74 Å². The highest BCUT2D eigenvalue weighted by molar-refractivity contribution is 5.41. The van der Waals surface area contributed by atoms with Gasteiger partial charge in [-0.05, 0) is 44.2 Å². The molecule has 0 radical (unpaired) electrons. The molecule has 0 aliphatic heterocycles. The molecule has 3 heteroatoms. The van der Waals surface area contributed by atoms with E-state index in [-0.39, 0.29) is 6.10 Å². The van der Waals surface area contributed by atoms with Gasteiger partial charge in [0.05, 0.1) is 6.10 Å². The van der Waals surface area contributed by atoms with E-state index >= 15 is 0 Å². The minimum absolute atomic E-state index is 0.161. The fraction of sp³-hybridized carbons (Fsp3) is 0.400. The molecule has 0 amide bonds. The smallest absolute Gasteiger partial charge is 0.119 e. The van der Waals surface area contributed by atoms with Gasteiger partial charge in [0.1, 0.15) is 5.75 Å². The van der Waals surface area contributed by atoms with E-state index in [0.717, 1.165) is 17.9 Å². The van der Waals surface area contributed by atoms with Gasteiger partial charge in [-0.3, -0.25) is 0 Å². The van der Waals surface area contributed by atoms with Crippen molar-refractivity contribution in [2.45, 2.75) is 19.4 Å². The molecule has 0 spiro atoms. The summed E-state index contributed by atoms with van der Waals surface area (Å²) in [6, 6.07) is 7.37. The van der Waals surface area contributed by atoms with Crippen LogP contribution in [0.15, 0.2) is 24.3 Å². The summed E-state index contributed by atoms with van der Waals surface area (Å²) in [6.07, 6.45) is 1.03. The highest BCUT2D eigenvalue weighted by Gasteiger charge is 2.01. The summed E-state index contributed by atoms with van der Waals surface area (Å²) in [5, 5.41) is 0. The predicted octanol–water partition coefficient (Wildman–Crippen LogP) is 1.38.